The third kappa shape index (κ3) is 3.20. The molecule has 88 valence electrons. The van der Waals surface area contributed by atoms with Crippen molar-refractivity contribution in [2.24, 2.45) is 0 Å². The molecule has 4 heteroatoms. The lowest BCUT2D eigenvalue weighted by Gasteiger charge is -2.09. The summed E-state index contributed by atoms with van der Waals surface area (Å²) in [6.07, 6.45) is 0. The van der Waals surface area contributed by atoms with Crippen molar-refractivity contribution in [3.63, 3.8) is 0 Å². The fourth-order valence-electron chi connectivity index (χ4n) is 1.48. The Bertz CT molecular complexity index is 529. The van der Waals surface area contributed by atoms with Crippen molar-refractivity contribution in [3.05, 3.63) is 52.3 Å². The summed E-state index contributed by atoms with van der Waals surface area (Å²) in [7, 11) is 0. The van der Waals surface area contributed by atoms with Gasteiger partial charge >= 0.3 is 0 Å². The SMILES string of the molecule is Cc1cccc(COc2ccc(Br)cc2N)n1. The fourth-order valence-corrected chi connectivity index (χ4v) is 1.86. The molecule has 0 bridgehead atoms. The number of rotatable bonds is 3. The molecule has 17 heavy (non-hydrogen) atoms. The van der Waals surface area contributed by atoms with Crippen LogP contribution in [0, 0.1) is 6.92 Å². The topological polar surface area (TPSA) is 48.1 Å². The fraction of sp³-hybridized carbons (Fsp3) is 0.154. The minimum Gasteiger partial charge on any atom is -0.485 e. The Morgan fingerprint density at radius 1 is 1.29 bits per heavy atom. The van der Waals surface area contributed by atoms with Crippen molar-refractivity contribution in [1.82, 2.24) is 4.98 Å². The van der Waals surface area contributed by atoms with Crippen molar-refractivity contribution < 1.29 is 4.74 Å². The molecule has 0 saturated heterocycles. The Morgan fingerprint density at radius 2 is 2.12 bits per heavy atom. The average Bonchev–Trinajstić information content (AvgIpc) is 2.28. The first-order valence-corrected chi connectivity index (χ1v) is 6.05. The number of nitrogens with zero attached hydrogens (tertiary/aromatic N) is 1. The van der Waals surface area contributed by atoms with Crippen LogP contribution < -0.4 is 10.5 Å². The quantitative estimate of drug-likeness (QED) is 0.883. The molecule has 0 aliphatic heterocycles. The molecule has 0 radical (unpaired) electrons. The molecule has 3 nitrogen and oxygen atoms in total. The third-order valence-corrected chi connectivity index (χ3v) is 2.79. The minimum atomic E-state index is 0.424. The molecular weight excluding hydrogens is 280 g/mol. The van der Waals surface area contributed by atoms with Crippen molar-refractivity contribution in [1.29, 1.82) is 0 Å². The highest BCUT2D eigenvalue weighted by Crippen LogP contribution is 2.25. The summed E-state index contributed by atoms with van der Waals surface area (Å²) in [5.74, 6) is 0.677. The van der Waals surface area contributed by atoms with Gasteiger partial charge < -0.3 is 10.5 Å². The van der Waals surface area contributed by atoms with E-state index in [2.05, 4.69) is 20.9 Å². The van der Waals surface area contributed by atoms with Crippen LogP contribution in [-0.2, 0) is 6.61 Å². The predicted octanol–water partition coefficient (Wildman–Crippen LogP) is 3.31. The zero-order valence-corrected chi connectivity index (χ0v) is 11.1. The number of nitrogen functional groups attached to an aromatic ring is 1. The van der Waals surface area contributed by atoms with Gasteiger partial charge in [0.1, 0.15) is 12.4 Å². The number of halogens is 1. The highest BCUT2D eigenvalue weighted by Gasteiger charge is 2.02. The summed E-state index contributed by atoms with van der Waals surface area (Å²) in [6, 6.07) is 11.4. The monoisotopic (exact) mass is 292 g/mol. The Balaban J connectivity index is 2.07. The number of anilines is 1. The van der Waals surface area contributed by atoms with Crippen LogP contribution in [0.3, 0.4) is 0 Å². The molecular formula is C13H13BrN2O. The maximum absolute atomic E-state index is 5.84. The second-order valence-corrected chi connectivity index (χ2v) is 4.66. The molecule has 1 heterocycles. The molecule has 2 N–H and O–H groups in total. The number of hydrogen-bond acceptors (Lipinski definition) is 3. The Hall–Kier alpha value is -1.55. The van der Waals surface area contributed by atoms with Crippen LogP contribution in [-0.4, -0.2) is 4.98 Å². The van der Waals surface area contributed by atoms with Crippen LogP contribution in [0.25, 0.3) is 0 Å². The van der Waals surface area contributed by atoms with Gasteiger partial charge in [-0.1, -0.05) is 22.0 Å². The van der Waals surface area contributed by atoms with Crippen LogP contribution in [0.2, 0.25) is 0 Å². The molecule has 2 rings (SSSR count). The van der Waals surface area contributed by atoms with Gasteiger partial charge in [0, 0.05) is 10.2 Å². The van der Waals surface area contributed by atoms with Crippen molar-refractivity contribution >= 4 is 21.6 Å². The van der Waals surface area contributed by atoms with Gasteiger partial charge in [0.15, 0.2) is 0 Å². The lowest BCUT2D eigenvalue weighted by Crippen LogP contribution is -2.01. The Labute approximate surface area is 109 Å². The molecule has 1 aromatic carbocycles. The van der Waals surface area contributed by atoms with Crippen molar-refractivity contribution in [2.75, 3.05) is 5.73 Å². The first-order valence-electron chi connectivity index (χ1n) is 5.25. The second kappa shape index (κ2) is 5.19. The molecule has 0 spiro atoms. The lowest BCUT2D eigenvalue weighted by atomic mass is 10.3. The van der Waals surface area contributed by atoms with Crippen LogP contribution in [0.4, 0.5) is 5.69 Å². The van der Waals surface area contributed by atoms with E-state index in [4.69, 9.17) is 10.5 Å². The van der Waals surface area contributed by atoms with Crippen LogP contribution in [0.5, 0.6) is 5.75 Å². The summed E-state index contributed by atoms with van der Waals surface area (Å²) in [6.45, 7) is 2.38. The number of benzene rings is 1. The van der Waals surface area contributed by atoms with E-state index in [-0.39, 0.29) is 0 Å². The van der Waals surface area contributed by atoms with Gasteiger partial charge in [-0.15, -0.1) is 0 Å². The average molecular weight is 293 g/mol. The van der Waals surface area contributed by atoms with Crippen LogP contribution >= 0.6 is 15.9 Å². The van der Waals surface area contributed by atoms with E-state index in [9.17, 15) is 0 Å². The van der Waals surface area contributed by atoms with E-state index in [0.717, 1.165) is 15.9 Å². The number of aryl methyl sites for hydroxylation is 1. The van der Waals surface area contributed by atoms with E-state index < -0.39 is 0 Å². The molecule has 0 saturated carbocycles. The van der Waals surface area contributed by atoms with E-state index in [1.165, 1.54) is 0 Å². The van der Waals surface area contributed by atoms with Gasteiger partial charge in [-0.05, 0) is 37.3 Å². The minimum absolute atomic E-state index is 0.424. The normalized spacial score (nSPS) is 10.2. The molecule has 0 unspecified atom stereocenters. The highest BCUT2D eigenvalue weighted by molar-refractivity contribution is 9.10. The van der Waals surface area contributed by atoms with Crippen LogP contribution in [0.15, 0.2) is 40.9 Å². The third-order valence-electron chi connectivity index (χ3n) is 2.29. The molecule has 0 aliphatic rings. The Kier molecular flexibility index (Phi) is 3.64. The Morgan fingerprint density at radius 3 is 2.82 bits per heavy atom. The number of ether oxygens (including phenoxy) is 1. The van der Waals surface area contributed by atoms with Gasteiger partial charge in [-0.2, -0.15) is 0 Å². The lowest BCUT2D eigenvalue weighted by molar-refractivity contribution is 0.303. The summed E-state index contributed by atoms with van der Waals surface area (Å²) >= 11 is 3.35. The number of nitrogens with two attached hydrogens (primary N) is 1. The van der Waals surface area contributed by atoms with Crippen molar-refractivity contribution in [3.8, 4) is 5.75 Å². The van der Waals surface area contributed by atoms with Crippen LogP contribution in [0.1, 0.15) is 11.4 Å². The van der Waals surface area contributed by atoms with Gasteiger partial charge in [-0.3, -0.25) is 4.98 Å². The van der Waals surface area contributed by atoms with E-state index in [0.29, 0.717) is 18.0 Å². The number of pyridine rings is 1. The van der Waals surface area contributed by atoms with E-state index in [1.54, 1.807) is 0 Å². The van der Waals surface area contributed by atoms with E-state index in [1.807, 2.05) is 43.3 Å². The van der Waals surface area contributed by atoms with Gasteiger partial charge in [0.2, 0.25) is 0 Å². The summed E-state index contributed by atoms with van der Waals surface area (Å²) in [5.41, 5.74) is 8.33. The standard InChI is InChI=1S/C13H13BrN2O/c1-9-3-2-4-11(16-9)8-17-13-6-5-10(14)7-12(13)15/h2-7H,8,15H2,1H3. The summed E-state index contributed by atoms with van der Waals surface area (Å²) in [5, 5.41) is 0. The highest BCUT2D eigenvalue weighted by atomic mass is 79.9. The summed E-state index contributed by atoms with van der Waals surface area (Å²) < 4.78 is 6.57. The maximum atomic E-state index is 5.84. The largest absolute Gasteiger partial charge is 0.485 e. The second-order valence-electron chi connectivity index (χ2n) is 3.74. The van der Waals surface area contributed by atoms with Gasteiger partial charge in [-0.25, -0.2) is 0 Å². The number of aromatic nitrogens is 1. The van der Waals surface area contributed by atoms with Crippen molar-refractivity contribution in [2.45, 2.75) is 13.5 Å². The predicted molar refractivity (Wildman–Crippen MR) is 71.9 cm³/mol. The molecule has 0 aliphatic carbocycles. The summed E-state index contributed by atoms with van der Waals surface area (Å²) in [4.78, 5) is 4.36. The smallest absolute Gasteiger partial charge is 0.142 e. The van der Waals surface area contributed by atoms with Gasteiger partial charge in [0.25, 0.3) is 0 Å². The molecule has 0 atom stereocenters. The molecule has 0 fully saturated rings. The maximum Gasteiger partial charge on any atom is 0.142 e. The zero-order chi connectivity index (χ0) is 12.3. The molecule has 0 amide bonds. The first-order chi connectivity index (χ1) is 8.15. The zero-order valence-electron chi connectivity index (χ0n) is 9.48. The molecule has 2 aromatic rings. The molecule has 1 aromatic heterocycles. The van der Waals surface area contributed by atoms with Gasteiger partial charge in [0.05, 0.1) is 11.4 Å². The first kappa shape index (κ1) is 11.9. The van der Waals surface area contributed by atoms with E-state index >= 15 is 0 Å². The number of hydrogen-bond donors (Lipinski definition) is 1.